The lowest BCUT2D eigenvalue weighted by Gasteiger charge is -2.03. The first kappa shape index (κ1) is 14.4. The maximum absolute atomic E-state index is 11.7. The van der Waals surface area contributed by atoms with Gasteiger partial charge in [0, 0.05) is 23.9 Å². The average Bonchev–Trinajstić information content (AvgIpc) is 3.03. The highest BCUT2D eigenvalue weighted by Gasteiger charge is 2.06. The lowest BCUT2D eigenvalue weighted by Crippen LogP contribution is -1.98. The first-order chi connectivity index (χ1) is 10.2. The number of nitrogens with zero attached hydrogens (tertiary/aromatic N) is 4. The van der Waals surface area contributed by atoms with Crippen molar-refractivity contribution in [2.45, 2.75) is 19.8 Å². The third-order valence-corrected chi connectivity index (χ3v) is 2.77. The molecule has 0 bridgehead atoms. The summed E-state index contributed by atoms with van der Waals surface area (Å²) in [6.07, 6.45) is 2.87. The molecule has 0 radical (unpaired) electrons. The number of aromatic nitrogens is 4. The summed E-state index contributed by atoms with van der Waals surface area (Å²) in [6, 6.07) is 9.06. The number of aromatic amines is 1. The Bertz CT molecular complexity index is 666. The quantitative estimate of drug-likeness (QED) is 0.621. The summed E-state index contributed by atoms with van der Waals surface area (Å²) < 4.78 is 0. The molecule has 0 fully saturated rings. The number of rotatable bonds is 6. The second-order valence-corrected chi connectivity index (χ2v) is 4.30. The molecule has 0 unspecified atom stereocenters. The van der Waals surface area contributed by atoms with Gasteiger partial charge in [0.15, 0.2) is 5.78 Å². The zero-order valence-electron chi connectivity index (χ0n) is 11.5. The summed E-state index contributed by atoms with van der Waals surface area (Å²) >= 11 is 0. The minimum Gasteiger partial charge on any atom is -0.360 e. The van der Waals surface area contributed by atoms with E-state index in [4.69, 9.17) is 5.26 Å². The Morgan fingerprint density at radius 3 is 2.76 bits per heavy atom. The molecule has 2 N–H and O–H groups in total. The number of Topliss-reactive ketones (excluding diaryl/α,β-unsaturated/α-hetero) is 1. The van der Waals surface area contributed by atoms with Gasteiger partial charge in [-0.2, -0.15) is 10.5 Å². The van der Waals surface area contributed by atoms with Crippen LogP contribution in [-0.2, 0) is 0 Å². The van der Waals surface area contributed by atoms with Crippen LogP contribution in [0.4, 0.5) is 5.69 Å². The van der Waals surface area contributed by atoms with Gasteiger partial charge in [0.25, 0.3) is 0 Å². The lowest BCUT2D eigenvalue weighted by molar-refractivity contribution is 0.0982. The fourth-order valence-corrected chi connectivity index (χ4v) is 1.70. The van der Waals surface area contributed by atoms with Crippen molar-refractivity contribution in [3.8, 4) is 6.07 Å². The Kier molecular flexibility index (Phi) is 4.77. The predicted octanol–water partition coefficient (Wildman–Crippen LogP) is 2.16. The zero-order chi connectivity index (χ0) is 15.1. The summed E-state index contributed by atoms with van der Waals surface area (Å²) in [5.41, 5.74) is 1.71. The molecule has 7 heteroatoms. The number of carbonyl (C=O) groups excluding carboxylic acids is 1. The molecular weight excluding hydrogens is 268 g/mol. The van der Waals surface area contributed by atoms with E-state index in [-0.39, 0.29) is 17.2 Å². The smallest absolute Gasteiger partial charge is 0.216 e. The topological polar surface area (TPSA) is 107 Å². The fraction of sp³-hybridized carbons (Fsp3) is 0.214. The molecule has 0 saturated carbocycles. The molecule has 1 aromatic heterocycles. The number of benzene rings is 1. The Morgan fingerprint density at radius 1 is 1.43 bits per heavy atom. The molecule has 7 nitrogen and oxygen atoms in total. The second-order valence-electron chi connectivity index (χ2n) is 4.30. The van der Waals surface area contributed by atoms with Gasteiger partial charge in [0.05, 0.1) is 0 Å². The maximum atomic E-state index is 11.7. The number of hydrogen-bond donors (Lipinski definition) is 2. The summed E-state index contributed by atoms with van der Waals surface area (Å²) in [5.74, 6) is 0.351. The van der Waals surface area contributed by atoms with E-state index in [0.717, 1.165) is 12.1 Å². The van der Waals surface area contributed by atoms with Crippen molar-refractivity contribution in [1.82, 2.24) is 20.6 Å². The molecule has 2 rings (SSSR count). The van der Waals surface area contributed by atoms with Gasteiger partial charge in [-0.3, -0.25) is 4.79 Å². The van der Waals surface area contributed by atoms with Gasteiger partial charge in [0.2, 0.25) is 5.82 Å². The first-order valence-corrected chi connectivity index (χ1v) is 6.48. The largest absolute Gasteiger partial charge is 0.360 e. The van der Waals surface area contributed by atoms with Crippen LogP contribution in [0.2, 0.25) is 0 Å². The van der Waals surface area contributed by atoms with Crippen LogP contribution in [0.3, 0.4) is 0 Å². The van der Waals surface area contributed by atoms with Crippen LogP contribution in [0.25, 0.3) is 5.57 Å². The second kappa shape index (κ2) is 6.96. The standard InChI is InChI=1S/C14H14N6O/c1-2-3-13(21)10-4-6-12(7-5-10)16-9-11(8-15)14-17-19-20-18-14/h4-7,9,16H,2-3H2,1H3,(H,17,18,19,20). The minimum atomic E-state index is 0.129. The number of ketones is 1. The number of H-pyrrole nitrogens is 1. The SMILES string of the molecule is CCCC(=O)c1ccc(NC=C(C#N)c2nn[nH]n2)cc1. The van der Waals surface area contributed by atoms with Crippen LogP contribution in [0.1, 0.15) is 35.9 Å². The van der Waals surface area contributed by atoms with E-state index < -0.39 is 0 Å². The van der Waals surface area contributed by atoms with E-state index >= 15 is 0 Å². The van der Waals surface area contributed by atoms with E-state index in [1.54, 1.807) is 24.3 Å². The molecule has 0 amide bonds. The highest BCUT2D eigenvalue weighted by Crippen LogP contribution is 2.13. The van der Waals surface area contributed by atoms with Gasteiger partial charge in [-0.15, -0.1) is 10.2 Å². The number of carbonyl (C=O) groups is 1. The molecule has 0 aliphatic rings. The number of allylic oxidation sites excluding steroid dienone is 1. The van der Waals surface area contributed by atoms with Gasteiger partial charge in [-0.25, -0.2) is 0 Å². The van der Waals surface area contributed by atoms with Crippen molar-refractivity contribution < 1.29 is 4.79 Å². The Balaban J connectivity index is 2.07. The maximum Gasteiger partial charge on any atom is 0.216 e. The summed E-state index contributed by atoms with van der Waals surface area (Å²) in [5, 5.41) is 25.1. The van der Waals surface area contributed by atoms with Gasteiger partial charge >= 0.3 is 0 Å². The molecule has 1 heterocycles. The summed E-state index contributed by atoms with van der Waals surface area (Å²) in [6.45, 7) is 1.97. The molecule has 0 atom stereocenters. The summed E-state index contributed by atoms with van der Waals surface area (Å²) in [7, 11) is 0. The van der Waals surface area contributed by atoms with Crippen molar-refractivity contribution in [2.75, 3.05) is 5.32 Å². The first-order valence-electron chi connectivity index (χ1n) is 6.48. The molecule has 0 saturated heterocycles. The Labute approximate surface area is 121 Å². The number of anilines is 1. The normalized spacial score (nSPS) is 11.0. The van der Waals surface area contributed by atoms with Crippen LogP contribution in [0.15, 0.2) is 30.5 Å². The predicted molar refractivity (Wildman–Crippen MR) is 77.1 cm³/mol. The molecular formula is C14H14N6O. The number of nitriles is 1. The van der Waals surface area contributed by atoms with Gasteiger partial charge < -0.3 is 5.32 Å². The molecule has 106 valence electrons. The Hall–Kier alpha value is -3.01. The van der Waals surface area contributed by atoms with Gasteiger partial charge in [-0.1, -0.05) is 6.92 Å². The number of tetrazole rings is 1. The van der Waals surface area contributed by atoms with E-state index in [1.165, 1.54) is 6.20 Å². The molecule has 1 aromatic carbocycles. The van der Waals surface area contributed by atoms with Crippen LogP contribution >= 0.6 is 0 Å². The third-order valence-electron chi connectivity index (χ3n) is 2.77. The van der Waals surface area contributed by atoms with Crippen LogP contribution in [0.5, 0.6) is 0 Å². The van der Waals surface area contributed by atoms with Gasteiger partial charge in [0.1, 0.15) is 11.6 Å². The molecule has 0 spiro atoms. The van der Waals surface area contributed by atoms with Crippen molar-refractivity contribution in [3.05, 3.63) is 41.9 Å². The lowest BCUT2D eigenvalue weighted by atomic mass is 10.1. The van der Waals surface area contributed by atoms with Crippen molar-refractivity contribution >= 4 is 17.0 Å². The van der Waals surface area contributed by atoms with Crippen molar-refractivity contribution in [2.24, 2.45) is 0 Å². The van der Waals surface area contributed by atoms with Crippen LogP contribution < -0.4 is 5.32 Å². The average molecular weight is 282 g/mol. The summed E-state index contributed by atoms with van der Waals surface area (Å²) in [4.78, 5) is 11.7. The van der Waals surface area contributed by atoms with E-state index in [1.807, 2.05) is 13.0 Å². The number of hydrogen-bond acceptors (Lipinski definition) is 6. The Morgan fingerprint density at radius 2 is 2.19 bits per heavy atom. The van der Waals surface area contributed by atoms with Crippen LogP contribution in [0, 0.1) is 11.3 Å². The highest BCUT2D eigenvalue weighted by atomic mass is 16.1. The minimum absolute atomic E-state index is 0.129. The molecule has 0 aliphatic heterocycles. The van der Waals surface area contributed by atoms with Crippen molar-refractivity contribution in [3.63, 3.8) is 0 Å². The van der Waals surface area contributed by atoms with Crippen LogP contribution in [-0.4, -0.2) is 26.4 Å². The zero-order valence-corrected chi connectivity index (χ0v) is 11.5. The van der Waals surface area contributed by atoms with Crippen molar-refractivity contribution in [1.29, 1.82) is 5.26 Å². The molecule has 21 heavy (non-hydrogen) atoms. The van der Waals surface area contributed by atoms with Gasteiger partial charge in [-0.05, 0) is 35.9 Å². The number of nitrogens with one attached hydrogen (secondary N) is 2. The van der Waals surface area contributed by atoms with E-state index in [9.17, 15) is 4.79 Å². The fourth-order valence-electron chi connectivity index (χ4n) is 1.70. The monoisotopic (exact) mass is 282 g/mol. The van der Waals surface area contributed by atoms with E-state index in [2.05, 4.69) is 25.9 Å². The third kappa shape index (κ3) is 3.73. The molecule has 0 aliphatic carbocycles. The highest BCUT2D eigenvalue weighted by molar-refractivity contribution is 5.96. The molecule has 2 aromatic rings. The van der Waals surface area contributed by atoms with E-state index in [0.29, 0.717) is 12.0 Å².